The topological polar surface area (TPSA) is 89.1 Å². The van der Waals surface area contributed by atoms with E-state index in [1.165, 1.54) is 0 Å². The van der Waals surface area contributed by atoms with Crippen molar-refractivity contribution in [1.82, 2.24) is 20.1 Å². The smallest absolute Gasteiger partial charge is 0.222 e. The number of anilines is 1. The third-order valence-corrected chi connectivity index (χ3v) is 4.48. The van der Waals surface area contributed by atoms with Crippen LogP contribution >= 0.6 is 0 Å². The van der Waals surface area contributed by atoms with Gasteiger partial charge in [0.2, 0.25) is 5.91 Å². The first-order chi connectivity index (χ1) is 12.2. The second-order valence-corrected chi connectivity index (χ2v) is 6.29. The molecule has 0 radical (unpaired) electrons. The van der Waals surface area contributed by atoms with E-state index < -0.39 is 0 Å². The molecule has 1 fully saturated rings. The molecule has 3 N–H and O–H groups in total. The van der Waals surface area contributed by atoms with Crippen LogP contribution in [0.25, 0.3) is 6.20 Å². The van der Waals surface area contributed by atoms with E-state index in [1.54, 1.807) is 17.1 Å². The number of amides is 1. The number of carbonyl (C=O) groups excluding carboxylic acids is 1. The van der Waals surface area contributed by atoms with Crippen molar-refractivity contribution in [3.8, 4) is 0 Å². The van der Waals surface area contributed by atoms with Crippen LogP contribution in [0.4, 0.5) is 5.82 Å². The van der Waals surface area contributed by atoms with E-state index >= 15 is 0 Å². The van der Waals surface area contributed by atoms with Crippen molar-refractivity contribution in [3.63, 3.8) is 0 Å². The summed E-state index contributed by atoms with van der Waals surface area (Å²) in [6.07, 6.45) is 9.03. The van der Waals surface area contributed by atoms with Gasteiger partial charge in [-0.2, -0.15) is 5.10 Å². The molecule has 1 unspecified atom stereocenters. The van der Waals surface area contributed by atoms with Crippen LogP contribution in [0.5, 0.6) is 0 Å². The SMILES string of the molecule is C=Cn1cc(CNCc2cccnc2N2CCCC(C(N)=O)C2)cn1. The molecule has 7 nitrogen and oxygen atoms in total. The summed E-state index contributed by atoms with van der Waals surface area (Å²) in [5, 5.41) is 7.59. The molecule has 132 valence electrons. The van der Waals surface area contributed by atoms with Gasteiger partial charge in [0, 0.05) is 55.9 Å². The molecule has 0 saturated carbocycles. The van der Waals surface area contributed by atoms with Crippen molar-refractivity contribution in [1.29, 1.82) is 0 Å². The summed E-state index contributed by atoms with van der Waals surface area (Å²) >= 11 is 0. The molecule has 3 heterocycles. The molecule has 7 heteroatoms. The van der Waals surface area contributed by atoms with Crippen LogP contribution in [-0.2, 0) is 17.9 Å². The molecule has 1 saturated heterocycles. The summed E-state index contributed by atoms with van der Waals surface area (Å²) < 4.78 is 1.68. The zero-order valence-corrected chi connectivity index (χ0v) is 14.3. The van der Waals surface area contributed by atoms with Gasteiger partial charge in [-0.25, -0.2) is 9.67 Å². The van der Waals surface area contributed by atoms with Gasteiger partial charge in [0.15, 0.2) is 0 Å². The highest BCUT2D eigenvalue weighted by atomic mass is 16.1. The van der Waals surface area contributed by atoms with Crippen molar-refractivity contribution in [3.05, 3.63) is 48.4 Å². The van der Waals surface area contributed by atoms with Gasteiger partial charge < -0.3 is 16.0 Å². The second kappa shape index (κ2) is 7.94. The Morgan fingerprint density at radius 3 is 3.12 bits per heavy atom. The summed E-state index contributed by atoms with van der Waals surface area (Å²) in [6.45, 7) is 6.64. The molecule has 0 aliphatic carbocycles. The minimum Gasteiger partial charge on any atom is -0.369 e. The van der Waals surface area contributed by atoms with E-state index in [4.69, 9.17) is 5.73 Å². The normalized spacial score (nSPS) is 17.4. The van der Waals surface area contributed by atoms with E-state index in [1.807, 2.05) is 18.5 Å². The molecule has 1 amide bonds. The Kier molecular flexibility index (Phi) is 5.45. The van der Waals surface area contributed by atoms with Crippen LogP contribution in [-0.4, -0.2) is 33.8 Å². The zero-order valence-electron chi connectivity index (χ0n) is 14.3. The highest BCUT2D eigenvalue weighted by Crippen LogP contribution is 2.24. The van der Waals surface area contributed by atoms with Gasteiger partial charge in [0.1, 0.15) is 5.82 Å². The standard InChI is InChI=1S/C18H24N6O/c1-2-24-12-14(10-22-24)9-20-11-15-5-3-7-21-18(15)23-8-4-6-16(13-23)17(19)25/h2-3,5,7,10,12,16,20H,1,4,6,8-9,11,13H2,(H2,19,25). The summed E-state index contributed by atoms with van der Waals surface area (Å²) in [5.74, 6) is 0.614. The molecule has 0 spiro atoms. The molecule has 2 aromatic rings. The van der Waals surface area contributed by atoms with Crippen LogP contribution in [0, 0.1) is 5.92 Å². The highest BCUT2D eigenvalue weighted by molar-refractivity contribution is 5.77. The summed E-state index contributed by atoms with van der Waals surface area (Å²) in [4.78, 5) is 18.2. The largest absolute Gasteiger partial charge is 0.369 e. The van der Waals surface area contributed by atoms with E-state index in [-0.39, 0.29) is 11.8 Å². The Morgan fingerprint density at radius 1 is 1.48 bits per heavy atom. The fourth-order valence-electron chi connectivity index (χ4n) is 3.16. The molecule has 1 aliphatic rings. The van der Waals surface area contributed by atoms with Crippen molar-refractivity contribution >= 4 is 17.9 Å². The Bertz CT molecular complexity index is 741. The third kappa shape index (κ3) is 4.24. The molecule has 0 aromatic carbocycles. The number of nitrogens with zero attached hydrogens (tertiary/aromatic N) is 4. The van der Waals surface area contributed by atoms with Gasteiger partial charge in [-0.15, -0.1) is 0 Å². The average Bonchev–Trinajstić information content (AvgIpc) is 3.10. The van der Waals surface area contributed by atoms with E-state index in [9.17, 15) is 4.79 Å². The van der Waals surface area contributed by atoms with Gasteiger partial charge in [-0.3, -0.25) is 4.79 Å². The van der Waals surface area contributed by atoms with Gasteiger partial charge in [0.25, 0.3) is 0 Å². The lowest BCUT2D eigenvalue weighted by Crippen LogP contribution is -2.42. The maximum Gasteiger partial charge on any atom is 0.222 e. The zero-order chi connectivity index (χ0) is 17.6. The van der Waals surface area contributed by atoms with Gasteiger partial charge >= 0.3 is 0 Å². The minimum atomic E-state index is -0.223. The highest BCUT2D eigenvalue weighted by Gasteiger charge is 2.25. The predicted octanol–water partition coefficient (Wildman–Crippen LogP) is 1.37. The van der Waals surface area contributed by atoms with Gasteiger partial charge in [0.05, 0.1) is 12.1 Å². The van der Waals surface area contributed by atoms with Crippen molar-refractivity contribution in [2.45, 2.75) is 25.9 Å². The van der Waals surface area contributed by atoms with E-state index in [0.29, 0.717) is 19.6 Å². The van der Waals surface area contributed by atoms with Crippen molar-refractivity contribution < 1.29 is 4.79 Å². The number of aromatic nitrogens is 3. The minimum absolute atomic E-state index is 0.0960. The molecule has 2 aromatic heterocycles. The van der Waals surface area contributed by atoms with Gasteiger partial charge in [-0.05, 0) is 18.9 Å². The lowest BCUT2D eigenvalue weighted by molar-refractivity contribution is -0.122. The maximum atomic E-state index is 11.5. The first kappa shape index (κ1) is 17.2. The van der Waals surface area contributed by atoms with Crippen LogP contribution in [0.1, 0.15) is 24.0 Å². The first-order valence-electron chi connectivity index (χ1n) is 8.52. The number of piperidine rings is 1. The fraction of sp³-hybridized carbons (Fsp3) is 0.389. The van der Waals surface area contributed by atoms with Gasteiger partial charge in [-0.1, -0.05) is 12.6 Å². The van der Waals surface area contributed by atoms with Crippen LogP contribution in [0.2, 0.25) is 0 Å². The van der Waals surface area contributed by atoms with Crippen molar-refractivity contribution in [2.24, 2.45) is 11.7 Å². The van der Waals surface area contributed by atoms with E-state index in [0.717, 1.165) is 36.3 Å². The Labute approximate surface area is 147 Å². The number of hydrogen-bond acceptors (Lipinski definition) is 5. The maximum absolute atomic E-state index is 11.5. The molecule has 1 aliphatic heterocycles. The van der Waals surface area contributed by atoms with Crippen LogP contribution in [0.15, 0.2) is 37.3 Å². The Morgan fingerprint density at radius 2 is 2.36 bits per heavy atom. The lowest BCUT2D eigenvalue weighted by atomic mass is 9.97. The number of carbonyl (C=O) groups is 1. The van der Waals surface area contributed by atoms with Crippen LogP contribution < -0.4 is 16.0 Å². The Hall–Kier alpha value is -2.67. The summed E-state index contributed by atoms with van der Waals surface area (Å²) in [7, 11) is 0. The summed E-state index contributed by atoms with van der Waals surface area (Å²) in [5.41, 5.74) is 7.70. The fourth-order valence-corrected chi connectivity index (χ4v) is 3.16. The number of hydrogen-bond donors (Lipinski definition) is 2. The second-order valence-electron chi connectivity index (χ2n) is 6.29. The monoisotopic (exact) mass is 340 g/mol. The molecule has 0 bridgehead atoms. The molecule has 1 atom stereocenters. The third-order valence-electron chi connectivity index (χ3n) is 4.48. The number of nitrogens with one attached hydrogen (secondary N) is 1. The molecular formula is C18H24N6O. The predicted molar refractivity (Wildman–Crippen MR) is 97.5 cm³/mol. The summed E-state index contributed by atoms with van der Waals surface area (Å²) in [6, 6.07) is 4.00. The average molecular weight is 340 g/mol. The number of nitrogens with two attached hydrogens (primary N) is 1. The molecular weight excluding hydrogens is 316 g/mol. The number of rotatable bonds is 7. The number of primary amides is 1. The van der Waals surface area contributed by atoms with Crippen LogP contribution in [0.3, 0.4) is 0 Å². The van der Waals surface area contributed by atoms with Crippen molar-refractivity contribution in [2.75, 3.05) is 18.0 Å². The molecule has 3 rings (SSSR count). The lowest BCUT2D eigenvalue weighted by Gasteiger charge is -2.33. The quantitative estimate of drug-likeness (QED) is 0.795. The molecule has 25 heavy (non-hydrogen) atoms. The number of pyridine rings is 1. The van der Waals surface area contributed by atoms with E-state index in [2.05, 4.69) is 32.9 Å². The Balaban J connectivity index is 1.64. The first-order valence-corrected chi connectivity index (χ1v) is 8.52.